The standard InChI is InChI=1S/C21H23N3O2/c25-21(22-16-8-4-5-9-16)14-24-19-13-7-6-12-18(19)23-20(24)15-26-17-10-2-1-3-11-17/h1-3,6-7,10-13,16H,4-5,8-9,14-15H2,(H,22,25). The van der Waals surface area contributed by atoms with Crippen molar-refractivity contribution in [3.63, 3.8) is 0 Å². The summed E-state index contributed by atoms with van der Waals surface area (Å²) in [6.45, 7) is 0.597. The highest BCUT2D eigenvalue weighted by molar-refractivity contribution is 5.81. The summed E-state index contributed by atoms with van der Waals surface area (Å²) < 4.78 is 7.82. The first-order chi connectivity index (χ1) is 12.8. The van der Waals surface area contributed by atoms with Gasteiger partial charge in [-0.3, -0.25) is 4.79 Å². The first kappa shape index (κ1) is 16.6. The lowest BCUT2D eigenvalue weighted by atomic mass is 10.2. The van der Waals surface area contributed by atoms with Crippen LogP contribution in [0.5, 0.6) is 5.75 Å². The van der Waals surface area contributed by atoms with Crippen LogP contribution < -0.4 is 10.1 Å². The van der Waals surface area contributed by atoms with E-state index in [-0.39, 0.29) is 12.5 Å². The fourth-order valence-corrected chi connectivity index (χ4v) is 3.56. The van der Waals surface area contributed by atoms with Crippen molar-refractivity contribution in [3.8, 4) is 5.75 Å². The number of carbonyl (C=O) groups is 1. The van der Waals surface area contributed by atoms with Crippen LogP contribution in [-0.4, -0.2) is 21.5 Å². The van der Waals surface area contributed by atoms with E-state index in [2.05, 4.69) is 10.3 Å². The Morgan fingerprint density at radius 1 is 1.08 bits per heavy atom. The molecule has 1 aliphatic carbocycles. The molecule has 0 unspecified atom stereocenters. The molecule has 1 fully saturated rings. The van der Waals surface area contributed by atoms with E-state index in [0.717, 1.165) is 35.4 Å². The Morgan fingerprint density at radius 2 is 1.81 bits per heavy atom. The molecule has 26 heavy (non-hydrogen) atoms. The minimum absolute atomic E-state index is 0.0426. The first-order valence-electron chi connectivity index (χ1n) is 9.21. The Bertz CT molecular complexity index is 883. The zero-order valence-electron chi connectivity index (χ0n) is 14.7. The Kier molecular flexibility index (Phi) is 4.86. The normalized spacial score (nSPS) is 14.6. The van der Waals surface area contributed by atoms with Crippen molar-refractivity contribution >= 4 is 16.9 Å². The molecule has 1 heterocycles. The van der Waals surface area contributed by atoms with Gasteiger partial charge < -0.3 is 14.6 Å². The number of hydrogen-bond acceptors (Lipinski definition) is 3. The number of aromatic nitrogens is 2. The van der Waals surface area contributed by atoms with E-state index in [9.17, 15) is 4.79 Å². The number of para-hydroxylation sites is 3. The maximum absolute atomic E-state index is 12.5. The van der Waals surface area contributed by atoms with Gasteiger partial charge in [0.25, 0.3) is 0 Å². The van der Waals surface area contributed by atoms with Crippen LogP contribution in [0.1, 0.15) is 31.5 Å². The minimum atomic E-state index is 0.0426. The SMILES string of the molecule is O=C(Cn1c(COc2ccccc2)nc2ccccc21)NC1CCCC1. The van der Waals surface area contributed by atoms with Gasteiger partial charge in [-0.15, -0.1) is 0 Å². The van der Waals surface area contributed by atoms with Crippen LogP contribution in [0.25, 0.3) is 11.0 Å². The third kappa shape index (κ3) is 3.72. The van der Waals surface area contributed by atoms with Gasteiger partial charge in [-0.25, -0.2) is 4.98 Å². The summed E-state index contributed by atoms with van der Waals surface area (Å²) in [5.74, 6) is 1.60. The lowest BCUT2D eigenvalue weighted by Gasteiger charge is -2.14. The zero-order valence-corrected chi connectivity index (χ0v) is 14.7. The molecule has 0 radical (unpaired) electrons. The Balaban J connectivity index is 1.54. The summed E-state index contributed by atoms with van der Waals surface area (Å²) in [6.07, 6.45) is 4.57. The molecule has 1 N–H and O–H groups in total. The lowest BCUT2D eigenvalue weighted by Crippen LogP contribution is -2.35. The maximum Gasteiger partial charge on any atom is 0.240 e. The van der Waals surface area contributed by atoms with Gasteiger partial charge in [0.15, 0.2) is 0 Å². The highest BCUT2D eigenvalue weighted by Crippen LogP contribution is 2.20. The molecular formula is C21H23N3O2. The van der Waals surface area contributed by atoms with Crippen LogP contribution >= 0.6 is 0 Å². The molecule has 1 aromatic heterocycles. The smallest absolute Gasteiger partial charge is 0.240 e. The molecule has 2 aromatic carbocycles. The molecule has 0 atom stereocenters. The van der Waals surface area contributed by atoms with Gasteiger partial charge in [0.2, 0.25) is 5.91 Å². The molecular weight excluding hydrogens is 326 g/mol. The summed E-state index contributed by atoms with van der Waals surface area (Å²) in [5.41, 5.74) is 1.84. The zero-order chi connectivity index (χ0) is 17.8. The van der Waals surface area contributed by atoms with E-state index in [1.165, 1.54) is 12.8 Å². The molecule has 4 rings (SSSR count). The van der Waals surface area contributed by atoms with Crippen molar-refractivity contribution in [2.45, 2.75) is 44.9 Å². The number of fused-ring (bicyclic) bond motifs is 1. The van der Waals surface area contributed by atoms with Crippen LogP contribution in [0.4, 0.5) is 0 Å². The van der Waals surface area contributed by atoms with E-state index < -0.39 is 0 Å². The fourth-order valence-electron chi connectivity index (χ4n) is 3.56. The van der Waals surface area contributed by atoms with Crippen LogP contribution in [0.3, 0.4) is 0 Å². The van der Waals surface area contributed by atoms with E-state index in [1.54, 1.807) is 0 Å². The largest absolute Gasteiger partial charge is 0.486 e. The molecule has 3 aromatic rings. The minimum Gasteiger partial charge on any atom is -0.486 e. The number of nitrogens with one attached hydrogen (secondary N) is 1. The molecule has 1 saturated carbocycles. The van der Waals surface area contributed by atoms with E-state index >= 15 is 0 Å². The van der Waals surface area contributed by atoms with Crippen molar-refractivity contribution in [1.82, 2.24) is 14.9 Å². The Morgan fingerprint density at radius 3 is 2.62 bits per heavy atom. The van der Waals surface area contributed by atoms with E-state index in [0.29, 0.717) is 12.6 Å². The summed E-state index contributed by atoms with van der Waals surface area (Å²) in [5, 5.41) is 3.15. The summed E-state index contributed by atoms with van der Waals surface area (Å²) >= 11 is 0. The molecule has 1 amide bonds. The molecule has 0 aliphatic heterocycles. The second-order valence-corrected chi connectivity index (χ2v) is 6.75. The van der Waals surface area contributed by atoms with E-state index in [1.807, 2.05) is 59.2 Å². The number of carbonyl (C=O) groups excluding carboxylic acids is 1. The molecule has 5 heteroatoms. The first-order valence-corrected chi connectivity index (χ1v) is 9.21. The average Bonchev–Trinajstić information content (AvgIpc) is 3.29. The van der Waals surface area contributed by atoms with Gasteiger partial charge in [-0.1, -0.05) is 43.2 Å². The summed E-state index contributed by atoms with van der Waals surface area (Å²) in [6, 6.07) is 17.9. The second kappa shape index (κ2) is 7.60. The van der Waals surface area contributed by atoms with Crippen LogP contribution in [0, 0.1) is 0 Å². The van der Waals surface area contributed by atoms with Crippen LogP contribution in [0.2, 0.25) is 0 Å². The molecule has 1 aliphatic rings. The molecule has 134 valence electrons. The van der Waals surface area contributed by atoms with Gasteiger partial charge in [-0.2, -0.15) is 0 Å². The number of imidazole rings is 1. The number of amides is 1. The van der Waals surface area contributed by atoms with Gasteiger partial charge >= 0.3 is 0 Å². The number of hydrogen-bond donors (Lipinski definition) is 1. The van der Waals surface area contributed by atoms with Gasteiger partial charge in [0.05, 0.1) is 11.0 Å². The molecule has 0 saturated heterocycles. The second-order valence-electron chi connectivity index (χ2n) is 6.75. The number of benzene rings is 2. The van der Waals surface area contributed by atoms with Gasteiger partial charge in [0, 0.05) is 6.04 Å². The van der Waals surface area contributed by atoms with Crippen molar-refractivity contribution in [2.24, 2.45) is 0 Å². The Labute approximate surface area is 153 Å². The fraction of sp³-hybridized carbons (Fsp3) is 0.333. The maximum atomic E-state index is 12.5. The third-order valence-electron chi connectivity index (χ3n) is 4.87. The van der Waals surface area contributed by atoms with E-state index in [4.69, 9.17) is 4.74 Å². The van der Waals surface area contributed by atoms with Crippen molar-refractivity contribution in [2.75, 3.05) is 0 Å². The summed E-state index contributed by atoms with van der Waals surface area (Å²) in [7, 11) is 0. The van der Waals surface area contributed by atoms with Crippen LogP contribution in [-0.2, 0) is 17.9 Å². The number of ether oxygens (including phenoxy) is 1. The van der Waals surface area contributed by atoms with Crippen molar-refractivity contribution in [1.29, 1.82) is 0 Å². The number of nitrogens with zero attached hydrogens (tertiary/aromatic N) is 2. The monoisotopic (exact) mass is 349 g/mol. The van der Waals surface area contributed by atoms with Crippen molar-refractivity contribution < 1.29 is 9.53 Å². The summed E-state index contributed by atoms with van der Waals surface area (Å²) in [4.78, 5) is 17.2. The average molecular weight is 349 g/mol. The topological polar surface area (TPSA) is 56.2 Å². The third-order valence-corrected chi connectivity index (χ3v) is 4.87. The van der Waals surface area contributed by atoms with Crippen LogP contribution in [0.15, 0.2) is 54.6 Å². The van der Waals surface area contributed by atoms with Gasteiger partial charge in [0.1, 0.15) is 24.7 Å². The Hall–Kier alpha value is -2.82. The molecule has 0 bridgehead atoms. The lowest BCUT2D eigenvalue weighted by molar-refractivity contribution is -0.122. The highest BCUT2D eigenvalue weighted by Gasteiger charge is 2.19. The predicted octanol–water partition coefficient (Wildman–Crippen LogP) is 3.67. The molecule has 5 nitrogen and oxygen atoms in total. The quantitative estimate of drug-likeness (QED) is 0.739. The van der Waals surface area contributed by atoms with Gasteiger partial charge in [-0.05, 0) is 37.1 Å². The molecule has 0 spiro atoms. The number of rotatable bonds is 6. The predicted molar refractivity (Wildman–Crippen MR) is 101 cm³/mol. The van der Waals surface area contributed by atoms with Crippen molar-refractivity contribution in [3.05, 3.63) is 60.4 Å². The highest BCUT2D eigenvalue weighted by atomic mass is 16.5.